The molecule has 0 spiro atoms. The molecule has 2 heterocycles. The molecule has 1 unspecified atom stereocenters. The number of hydrogen-bond donors (Lipinski definition) is 2. The number of aromatic nitrogens is 2. The number of hydrogen-bond acceptors (Lipinski definition) is 6. The maximum absolute atomic E-state index is 10.8. The molecule has 17 heavy (non-hydrogen) atoms. The molecule has 1 fully saturated rings. The summed E-state index contributed by atoms with van der Waals surface area (Å²) in [7, 11) is 0. The molecule has 92 valence electrons. The van der Waals surface area contributed by atoms with Crippen LogP contribution in [0.4, 0.5) is 5.82 Å². The Balaban J connectivity index is 2.18. The number of nitrogens with zero attached hydrogens (tertiary/aromatic N) is 3. The Morgan fingerprint density at radius 3 is 2.82 bits per heavy atom. The van der Waals surface area contributed by atoms with Crippen molar-refractivity contribution in [3.8, 4) is 0 Å². The lowest BCUT2D eigenvalue weighted by Gasteiger charge is -2.27. The van der Waals surface area contributed by atoms with Crippen molar-refractivity contribution in [1.29, 1.82) is 0 Å². The fourth-order valence-electron chi connectivity index (χ4n) is 1.62. The second-order valence-corrected chi connectivity index (χ2v) is 3.72. The van der Waals surface area contributed by atoms with Crippen molar-refractivity contribution >= 4 is 11.8 Å². The summed E-state index contributed by atoms with van der Waals surface area (Å²) in [6.07, 6.45) is 1.34. The molecule has 0 radical (unpaired) electrons. The highest BCUT2D eigenvalue weighted by atomic mass is 16.5. The molecular weight excluding hydrogens is 224 g/mol. The van der Waals surface area contributed by atoms with Crippen LogP contribution in [0.25, 0.3) is 0 Å². The van der Waals surface area contributed by atoms with Crippen molar-refractivity contribution in [3.05, 3.63) is 18.1 Å². The van der Waals surface area contributed by atoms with E-state index in [1.54, 1.807) is 6.07 Å². The van der Waals surface area contributed by atoms with Crippen molar-refractivity contribution in [2.45, 2.75) is 6.04 Å². The maximum atomic E-state index is 10.8. The SMILES string of the molecule is NC(C(=O)O)c1cc(N2CCOCC2)ncn1. The van der Waals surface area contributed by atoms with E-state index in [0.717, 1.165) is 13.1 Å². The van der Waals surface area contributed by atoms with E-state index in [1.807, 2.05) is 4.90 Å². The van der Waals surface area contributed by atoms with Crippen LogP contribution >= 0.6 is 0 Å². The molecule has 0 bridgehead atoms. The highest BCUT2D eigenvalue weighted by molar-refractivity contribution is 5.74. The molecule has 0 saturated carbocycles. The zero-order valence-electron chi connectivity index (χ0n) is 9.24. The monoisotopic (exact) mass is 238 g/mol. The number of rotatable bonds is 3. The largest absolute Gasteiger partial charge is 0.480 e. The van der Waals surface area contributed by atoms with Gasteiger partial charge in [-0.2, -0.15) is 0 Å². The number of carboxylic acids is 1. The smallest absolute Gasteiger partial charge is 0.326 e. The molecule has 7 nitrogen and oxygen atoms in total. The Bertz CT molecular complexity index is 406. The average Bonchev–Trinajstić information content (AvgIpc) is 2.39. The Morgan fingerprint density at radius 2 is 2.18 bits per heavy atom. The van der Waals surface area contributed by atoms with Crippen molar-refractivity contribution < 1.29 is 14.6 Å². The van der Waals surface area contributed by atoms with Gasteiger partial charge in [0.25, 0.3) is 0 Å². The van der Waals surface area contributed by atoms with Gasteiger partial charge in [-0.05, 0) is 0 Å². The van der Waals surface area contributed by atoms with Gasteiger partial charge in [0.1, 0.15) is 18.2 Å². The van der Waals surface area contributed by atoms with E-state index in [2.05, 4.69) is 9.97 Å². The van der Waals surface area contributed by atoms with E-state index in [-0.39, 0.29) is 0 Å². The molecule has 0 amide bonds. The van der Waals surface area contributed by atoms with Gasteiger partial charge >= 0.3 is 5.97 Å². The topological polar surface area (TPSA) is 102 Å². The molecule has 0 aromatic carbocycles. The Kier molecular flexibility index (Phi) is 3.50. The van der Waals surface area contributed by atoms with Crippen LogP contribution in [0.2, 0.25) is 0 Å². The third-order valence-electron chi connectivity index (χ3n) is 2.59. The van der Waals surface area contributed by atoms with Crippen LogP contribution in [0, 0.1) is 0 Å². The van der Waals surface area contributed by atoms with Crippen molar-refractivity contribution in [3.63, 3.8) is 0 Å². The van der Waals surface area contributed by atoms with E-state index >= 15 is 0 Å². The highest BCUT2D eigenvalue weighted by Crippen LogP contribution is 2.16. The summed E-state index contributed by atoms with van der Waals surface area (Å²) in [5.41, 5.74) is 5.82. The molecular formula is C10H14N4O3. The van der Waals surface area contributed by atoms with Gasteiger partial charge in [-0.1, -0.05) is 0 Å². The van der Waals surface area contributed by atoms with Gasteiger partial charge in [0.05, 0.1) is 18.9 Å². The third-order valence-corrected chi connectivity index (χ3v) is 2.59. The van der Waals surface area contributed by atoms with E-state index in [1.165, 1.54) is 6.33 Å². The van der Waals surface area contributed by atoms with Crippen LogP contribution in [0.5, 0.6) is 0 Å². The minimum Gasteiger partial charge on any atom is -0.480 e. The van der Waals surface area contributed by atoms with E-state index in [9.17, 15) is 4.79 Å². The first-order valence-electron chi connectivity index (χ1n) is 5.31. The molecule has 2 rings (SSSR count). The summed E-state index contributed by atoms with van der Waals surface area (Å²) in [5.74, 6) is -0.411. The Hall–Kier alpha value is -1.73. The minimum atomic E-state index is -1.11. The number of aliphatic carboxylic acids is 1. The third kappa shape index (κ3) is 2.69. The summed E-state index contributed by atoms with van der Waals surface area (Å²) in [5, 5.41) is 8.82. The fourth-order valence-corrected chi connectivity index (χ4v) is 1.62. The highest BCUT2D eigenvalue weighted by Gasteiger charge is 2.19. The number of morpholine rings is 1. The number of carbonyl (C=O) groups is 1. The number of anilines is 1. The molecule has 1 saturated heterocycles. The van der Waals surface area contributed by atoms with Crippen LogP contribution in [0.15, 0.2) is 12.4 Å². The minimum absolute atomic E-state index is 0.314. The van der Waals surface area contributed by atoms with E-state index in [4.69, 9.17) is 15.6 Å². The second kappa shape index (κ2) is 5.07. The quantitative estimate of drug-likeness (QED) is 0.724. The van der Waals surface area contributed by atoms with E-state index in [0.29, 0.717) is 24.7 Å². The standard InChI is InChI=1S/C10H14N4O3/c11-9(10(15)16)7-5-8(13-6-12-7)14-1-3-17-4-2-14/h5-6,9H,1-4,11H2,(H,15,16). The molecule has 3 N–H and O–H groups in total. The number of carboxylic acid groups (broad SMARTS) is 1. The van der Waals surface area contributed by atoms with Gasteiger partial charge in [0.2, 0.25) is 0 Å². The fraction of sp³-hybridized carbons (Fsp3) is 0.500. The van der Waals surface area contributed by atoms with Gasteiger partial charge in [-0.25, -0.2) is 9.97 Å². The first-order chi connectivity index (χ1) is 8.18. The lowest BCUT2D eigenvalue weighted by molar-refractivity contribution is -0.138. The molecule has 0 aliphatic carbocycles. The van der Waals surface area contributed by atoms with Crippen LogP contribution in [-0.2, 0) is 9.53 Å². The molecule has 1 aromatic heterocycles. The molecule has 1 aliphatic rings. The summed E-state index contributed by atoms with van der Waals surface area (Å²) in [6.45, 7) is 2.76. The number of nitrogens with two attached hydrogens (primary N) is 1. The zero-order valence-corrected chi connectivity index (χ0v) is 9.24. The van der Waals surface area contributed by atoms with Crippen LogP contribution < -0.4 is 10.6 Å². The maximum Gasteiger partial charge on any atom is 0.326 e. The predicted molar refractivity (Wildman–Crippen MR) is 59.6 cm³/mol. The van der Waals surface area contributed by atoms with Crippen LogP contribution in [0.3, 0.4) is 0 Å². The second-order valence-electron chi connectivity index (χ2n) is 3.72. The van der Waals surface area contributed by atoms with Crippen LogP contribution in [0.1, 0.15) is 11.7 Å². The normalized spacial score (nSPS) is 17.8. The lowest BCUT2D eigenvalue weighted by atomic mass is 10.2. The van der Waals surface area contributed by atoms with Gasteiger partial charge in [-0.15, -0.1) is 0 Å². The zero-order chi connectivity index (χ0) is 12.3. The molecule has 7 heteroatoms. The van der Waals surface area contributed by atoms with Crippen molar-refractivity contribution in [2.75, 3.05) is 31.2 Å². The van der Waals surface area contributed by atoms with E-state index < -0.39 is 12.0 Å². The first kappa shape index (κ1) is 11.7. The Morgan fingerprint density at radius 1 is 1.47 bits per heavy atom. The van der Waals surface area contributed by atoms with Crippen LogP contribution in [-0.4, -0.2) is 47.3 Å². The summed E-state index contributed by atoms with van der Waals surface area (Å²) in [4.78, 5) is 20.8. The summed E-state index contributed by atoms with van der Waals surface area (Å²) in [6, 6.07) is 0.502. The first-order valence-corrected chi connectivity index (χ1v) is 5.31. The predicted octanol–water partition coefficient (Wildman–Crippen LogP) is -0.602. The summed E-state index contributed by atoms with van der Waals surface area (Å²) >= 11 is 0. The van der Waals surface area contributed by atoms with Gasteiger partial charge < -0.3 is 20.5 Å². The van der Waals surface area contributed by atoms with Gasteiger partial charge in [0, 0.05) is 19.2 Å². The lowest BCUT2D eigenvalue weighted by Crippen LogP contribution is -2.37. The van der Waals surface area contributed by atoms with Crippen molar-refractivity contribution in [1.82, 2.24) is 9.97 Å². The van der Waals surface area contributed by atoms with Gasteiger partial charge in [-0.3, -0.25) is 4.79 Å². The van der Waals surface area contributed by atoms with Gasteiger partial charge in [0.15, 0.2) is 0 Å². The Labute approximate surface area is 98.2 Å². The molecule has 1 atom stereocenters. The van der Waals surface area contributed by atoms with Crippen molar-refractivity contribution in [2.24, 2.45) is 5.73 Å². The average molecular weight is 238 g/mol. The molecule has 1 aliphatic heterocycles. The number of ether oxygens (including phenoxy) is 1. The summed E-state index contributed by atoms with van der Waals surface area (Å²) < 4.78 is 5.23. The molecule has 1 aromatic rings.